The molecule has 4 nitrogen and oxygen atoms in total. The lowest BCUT2D eigenvalue weighted by molar-refractivity contribution is -0.384. The predicted molar refractivity (Wildman–Crippen MR) is 79.6 cm³/mol. The number of non-ortho nitro benzene ring substituents is 1. The average Bonchev–Trinajstić information content (AvgIpc) is 2.39. The van der Waals surface area contributed by atoms with E-state index in [9.17, 15) is 10.1 Å². The highest BCUT2D eigenvalue weighted by Gasteiger charge is 2.11. The average molecular weight is 360 g/mol. The first-order chi connectivity index (χ1) is 9.08. The van der Waals surface area contributed by atoms with Gasteiger partial charge in [0.2, 0.25) is 0 Å². The topological polar surface area (TPSA) is 56.0 Å². The summed E-state index contributed by atoms with van der Waals surface area (Å²) in [6.07, 6.45) is 1.70. The SMILES string of the molecule is O=[N+]([O-])c1ccc(Cl)c(CSc2ncccc2Br)c1. The van der Waals surface area contributed by atoms with Gasteiger partial charge in [-0.3, -0.25) is 10.1 Å². The van der Waals surface area contributed by atoms with Crippen molar-refractivity contribution in [2.75, 3.05) is 0 Å². The van der Waals surface area contributed by atoms with Gasteiger partial charge in [-0.05, 0) is 39.7 Å². The van der Waals surface area contributed by atoms with Gasteiger partial charge in [0.05, 0.1) is 4.92 Å². The second kappa shape index (κ2) is 6.36. The Hall–Kier alpha value is -1.11. The molecule has 0 unspecified atom stereocenters. The lowest BCUT2D eigenvalue weighted by Crippen LogP contribution is -1.91. The van der Waals surface area contributed by atoms with Gasteiger partial charge in [0.25, 0.3) is 5.69 Å². The summed E-state index contributed by atoms with van der Waals surface area (Å²) in [6, 6.07) is 8.15. The highest BCUT2D eigenvalue weighted by molar-refractivity contribution is 9.10. The molecule has 0 bridgehead atoms. The molecule has 2 aromatic rings. The summed E-state index contributed by atoms with van der Waals surface area (Å²) < 4.78 is 0.890. The van der Waals surface area contributed by atoms with E-state index in [-0.39, 0.29) is 5.69 Å². The molecule has 7 heteroatoms. The fraction of sp³-hybridized carbons (Fsp3) is 0.0833. The number of thioether (sulfide) groups is 1. The number of hydrogen-bond donors (Lipinski definition) is 0. The van der Waals surface area contributed by atoms with Crippen molar-refractivity contribution in [3.8, 4) is 0 Å². The van der Waals surface area contributed by atoms with Gasteiger partial charge in [-0.25, -0.2) is 4.98 Å². The molecule has 0 saturated heterocycles. The first kappa shape index (κ1) is 14.3. The number of halogens is 2. The Labute approximate surface area is 127 Å². The third kappa shape index (κ3) is 3.68. The maximum atomic E-state index is 10.7. The number of pyridine rings is 1. The van der Waals surface area contributed by atoms with E-state index < -0.39 is 4.92 Å². The zero-order valence-electron chi connectivity index (χ0n) is 9.55. The molecule has 0 fully saturated rings. The molecule has 0 amide bonds. The molecule has 19 heavy (non-hydrogen) atoms. The van der Waals surface area contributed by atoms with Gasteiger partial charge in [0.15, 0.2) is 0 Å². The van der Waals surface area contributed by atoms with E-state index in [0.29, 0.717) is 10.8 Å². The molecular formula is C12H8BrClN2O2S. The van der Waals surface area contributed by atoms with Crippen molar-refractivity contribution in [3.05, 3.63) is 61.7 Å². The minimum atomic E-state index is -0.429. The number of nitro groups is 1. The maximum Gasteiger partial charge on any atom is 0.269 e. The molecule has 98 valence electrons. The molecule has 0 aliphatic carbocycles. The van der Waals surface area contributed by atoms with E-state index in [1.807, 2.05) is 12.1 Å². The van der Waals surface area contributed by atoms with E-state index in [4.69, 9.17) is 11.6 Å². The number of benzene rings is 1. The highest BCUT2D eigenvalue weighted by atomic mass is 79.9. The summed E-state index contributed by atoms with van der Waals surface area (Å²) in [6.45, 7) is 0. The Morgan fingerprint density at radius 3 is 2.89 bits per heavy atom. The van der Waals surface area contributed by atoms with Crippen molar-refractivity contribution >= 4 is 45.0 Å². The molecule has 0 radical (unpaired) electrons. The molecule has 1 aromatic carbocycles. The molecule has 1 aromatic heterocycles. The molecular weight excluding hydrogens is 352 g/mol. The fourth-order valence-corrected chi connectivity index (χ4v) is 3.14. The van der Waals surface area contributed by atoms with Gasteiger partial charge in [0.1, 0.15) is 5.03 Å². The van der Waals surface area contributed by atoms with Gasteiger partial charge in [-0.1, -0.05) is 11.6 Å². The molecule has 0 aliphatic rings. The number of nitrogens with zero attached hydrogens (tertiary/aromatic N) is 2. The molecule has 2 rings (SSSR count). The van der Waals surface area contributed by atoms with Crippen molar-refractivity contribution in [2.45, 2.75) is 10.8 Å². The lowest BCUT2D eigenvalue weighted by atomic mass is 10.2. The maximum absolute atomic E-state index is 10.7. The molecule has 0 atom stereocenters. The van der Waals surface area contributed by atoms with Crippen LogP contribution >= 0.6 is 39.3 Å². The number of aromatic nitrogens is 1. The summed E-state index contributed by atoms with van der Waals surface area (Å²) in [5.41, 5.74) is 0.763. The van der Waals surface area contributed by atoms with Gasteiger partial charge in [-0.15, -0.1) is 11.8 Å². The number of rotatable bonds is 4. The van der Waals surface area contributed by atoms with E-state index in [1.54, 1.807) is 12.3 Å². The normalized spacial score (nSPS) is 10.4. The van der Waals surface area contributed by atoms with Gasteiger partial charge >= 0.3 is 0 Å². The standard InChI is InChI=1S/C12H8BrClN2O2S/c13-10-2-1-5-15-12(10)19-7-8-6-9(16(17)18)3-4-11(8)14/h1-6H,7H2. The van der Waals surface area contributed by atoms with Crippen LogP contribution in [0.5, 0.6) is 0 Å². The van der Waals surface area contributed by atoms with Crippen LogP contribution in [-0.2, 0) is 5.75 Å². The van der Waals surface area contributed by atoms with Crippen LogP contribution in [0.25, 0.3) is 0 Å². The van der Waals surface area contributed by atoms with Crippen LogP contribution in [0, 0.1) is 10.1 Å². The zero-order chi connectivity index (χ0) is 13.8. The van der Waals surface area contributed by atoms with Crippen LogP contribution in [0.3, 0.4) is 0 Å². The minimum Gasteiger partial charge on any atom is -0.258 e. The van der Waals surface area contributed by atoms with Crippen molar-refractivity contribution in [1.29, 1.82) is 0 Å². The van der Waals surface area contributed by atoms with E-state index in [2.05, 4.69) is 20.9 Å². The van der Waals surface area contributed by atoms with E-state index >= 15 is 0 Å². The Morgan fingerprint density at radius 1 is 1.42 bits per heavy atom. The monoisotopic (exact) mass is 358 g/mol. The largest absolute Gasteiger partial charge is 0.269 e. The summed E-state index contributed by atoms with van der Waals surface area (Å²) in [5, 5.41) is 12.1. The second-order valence-electron chi connectivity index (χ2n) is 3.61. The van der Waals surface area contributed by atoms with Crippen LogP contribution in [0.1, 0.15) is 5.56 Å². The number of hydrogen-bond acceptors (Lipinski definition) is 4. The highest BCUT2D eigenvalue weighted by Crippen LogP contribution is 2.31. The van der Waals surface area contributed by atoms with Crippen LogP contribution < -0.4 is 0 Å². The quantitative estimate of drug-likeness (QED) is 0.451. The second-order valence-corrected chi connectivity index (χ2v) is 5.84. The van der Waals surface area contributed by atoms with E-state index in [1.165, 1.54) is 23.9 Å². The Balaban J connectivity index is 2.17. The zero-order valence-corrected chi connectivity index (χ0v) is 12.7. The van der Waals surface area contributed by atoms with Crippen LogP contribution in [-0.4, -0.2) is 9.91 Å². The third-order valence-corrected chi connectivity index (χ3v) is 4.65. The molecule has 0 saturated carbocycles. The molecule has 1 heterocycles. The smallest absolute Gasteiger partial charge is 0.258 e. The lowest BCUT2D eigenvalue weighted by Gasteiger charge is -2.05. The summed E-state index contributed by atoms with van der Waals surface area (Å²) >= 11 is 10.9. The van der Waals surface area contributed by atoms with Crippen LogP contribution in [0.15, 0.2) is 46.0 Å². The predicted octanol–water partition coefficient (Wildman–Crippen LogP) is 4.70. The minimum absolute atomic E-state index is 0.0417. The fourth-order valence-electron chi connectivity index (χ4n) is 1.41. The molecule has 0 spiro atoms. The van der Waals surface area contributed by atoms with Crippen LogP contribution in [0.2, 0.25) is 5.02 Å². The summed E-state index contributed by atoms with van der Waals surface area (Å²) in [5.74, 6) is 0.524. The van der Waals surface area contributed by atoms with Crippen molar-refractivity contribution in [1.82, 2.24) is 4.98 Å². The van der Waals surface area contributed by atoms with Crippen molar-refractivity contribution < 1.29 is 4.92 Å². The third-order valence-electron chi connectivity index (χ3n) is 2.33. The number of nitro benzene ring substituents is 1. The van der Waals surface area contributed by atoms with Crippen molar-refractivity contribution in [2.24, 2.45) is 0 Å². The first-order valence-electron chi connectivity index (χ1n) is 5.24. The summed E-state index contributed by atoms with van der Waals surface area (Å²) in [7, 11) is 0. The Morgan fingerprint density at radius 2 is 2.21 bits per heavy atom. The summed E-state index contributed by atoms with van der Waals surface area (Å²) in [4.78, 5) is 14.5. The van der Waals surface area contributed by atoms with E-state index in [0.717, 1.165) is 15.1 Å². The van der Waals surface area contributed by atoms with Crippen LogP contribution in [0.4, 0.5) is 5.69 Å². The molecule has 0 N–H and O–H groups in total. The van der Waals surface area contributed by atoms with Gasteiger partial charge in [0, 0.05) is 33.6 Å². The Bertz CT molecular complexity index is 624. The first-order valence-corrected chi connectivity index (χ1v) is 7.39. The van der Waals surface area contributed by atoms with Gasteiger partial charge < -0.3 is 0 Å². The Kier molecular flexibility index (Phi) is 4.79. The van der Waals surface area contributed by atoms with Crippen molar-refractivity contribution in [3.63, 3.8) is 0 Å². The molecule has 0 aliphatic heterocycles. The van der Waals surface area contributed by atoms with Gasteiger partial charge in [-0.2, -0.15) is 0 Å².